The van der Waals surface area contributed by atoms with E-state index in [9.17, 15) is 9.59 Å². The van der Waals surface area contributed by atoms with Gasteiger partial charge >= 0.3 is 5.97 Å². The fraction of sp³-hybridized carbons (Fsp3) is 0.333. The Balaban J connectivity index is 2.30. The molecule has 0 unspecified atom stereocenters. The fourth-order valence-corrected chi connectivity index (χ4v) is 2.38. The average Bonchev–Trinajstić information content (AvgIpc) is 2.78. The standard InChI is InChI=1S/C15H17ClN2O3/c1-9(2)7-18(8-14(19)20)15(21)13-5-10-3-4-11(16)6-12(10)17-13/h3-6,9,17H,7-8H2,1-2H3,(H,19,20). The highest BCUT2D eigenvalue weighted by Gasteiger charge is 2.21. The molecule has 112 valence electrons. The number of fused-ring (bicyclic) bond motifs is 1. The van der Waals surface area contributed by atoms with Crippen LogP contribution in [0.1, 0.15) is 24.3 Å². The molecule has 6 heteroatoms. The number of hydrogen-bond acceptors (Lipinski definition) is 2. The van der Waals surface area contributed by atoms with Gasteiger partial charge in [-0.05, 0) is 24.1 Å². The number of carbonyl (C=O) groups is 2. The molecule has 0 aliphatic carbocycles. The van der Waals surface area contributed by atoms with Gasteiger partial charge in [0.05, 0.1) is 0 Å². The third-order valence-corrected chi connectivity index (χ3v) is 3.25. The molecule has 0 aliphatic rings. The zero-order valence-electron chi connectivity index (χ0n) is 11.9. The van der Waals surface area contributed by atoms with E-state index in [1.54, 1.807) is 18.2 Å². The summed E-state index contributed by atoms with van der Waals surface area (Å²) in [5.74, 6) is -1.16. The lowest BCUT2D eigenvalue weighted by Crippen LogP contribution is -2.38. The molecule has 2 N–H and O–H groups in total. The quantitative estimate of drug-likeness (QED) is 0.891. The molecule has 1 amide bonds. The predicted octanol–water partition coefficient (Wildman–Crippen LogP) is 3.00. The molecule has 1 aromatic heterocycles. The SMILES string of the molecule is CC(C)CN(CC(=O)O)C(=O)c1cc2ccc(Cl)cc2[nH]1. The van der Waals surface area contributed by atoms with Gasteiger partial charge in [-0.25, -0.2) is 0 Å². The Morgan fingerprint density at radius 2 is 2.05 bits per heavy atom. The Bertz CT molecular complexity index is 679. The molecule has 1 aromatic carbocycles. The van der Waals surface area contributed by atoms with Crippen LogP contribution in [0.2, 0.25) is 5.02 Å². The topological polar surface area (TPSA) is 73.4 Å². The van der Waals surface area contributed by atoms with Gasteiger partial charge in [0, 0.05) is 22.5 Å². The number of rotatable bonds is 5. The molecule has 0 fully saturated rings. The van der Waals surface area contributed by atoms with Crippen LogP contribution in [0.15, 0.2) is 24.3 Å². The van der Waals surface area contributed by atoms with Crippen molar-refractivity contribution in [3.8, 4) is 0 Å². The van der Waals surface area contributed by atoms with Gasteiger partial charge in [-0.1, -0.05) is 31.5 Å². The van der Waals surface area contributed by atoms with Gasteiger partial charge in [0.15, 0.2) is 0 Å². The van der Waals surface area contributed by atoms with Crippen LogP contribution in [0.4, 0.5) is 0 Å². The average molecular weight is 309 g/mol. The van der Waals surface area contributed by atoms with Gasteiger partial charge in [0.1, 0.15) is 12.2 Å². The summed E-state index contributed by atoms with van der Waals surface area (Å²) in [6.07, 6.45) is 0. The molecule has 2 rings (SSSR count). The Morgan fingerprint density at radius 3 is 2.67 bits per heavy atom. The maximum absolute atomic E-state index is 12.5. The number of aromatic nitrogens is 1. The van der Waals surface area contributed by atoms with Gasteiger partial charge < -0.3 is 15.0 Å². The Hall–Kier alpha value is -2.01. The van der Waals surface area contributed by atoms with Gasteiger partial charge in [-0.2, -0.15) is 0 Å². The van der Waals surface area contributed by atoms with E-state index in [1.807, 2.05) is 19.9 Å². The monoisotopic (exact) mass is 308 g/mol. The van der Waals surface area contributed by atoms with Crippen LogP contribution in [-0.2, 0) is 4.79 Å². The molecule has 0 aliphatic heterocycles. The van der Waals surface area contributed by atoms with Crippen LogP contribution >= 0.6 is 11.6 Å². The maximum atomic E-state index is 12.5. The highest BCUT2D eigenvalue weighted by atomic mass is 35.5. The van der Waals surface area contributed by atoms with E-state index in [0.29, 0.717) is 17.3 Å². The highest BCUT2D eigenvalue weighted by molar-refractivity contribution is 6.31. The molecule has 5 nitrogen and oxygen atoms in total. The number of halogens is 1. The summed E-state index contributed by atoms with van der Waals surface area (Å²) >= 11 is 5.91. The summed E-state index contributed by atoms with van der Waals surface area (Å²) in [6, 6.07) is 7.00. The van der Waals surface area contributed by atoms with Crippen LogP contribution < -0.4 is 0 Å². The number of carboxylic acids is 1. The molecule has 0 saturated carbocycles. The first kappa shape index (κ1) is 15.4. The number of nitrogens with one attached hydrogen (secondary N) is 1. The van der Waals surface area contributed by atoms with Gasteiger partial charge in [0.2, 0.25) is 0 Å². The second-order valence-corrected chi connectivity index (χ2v) is 5.82. The van der Waals surface area contributed by atoms with E-state index < -0.39 is 5.97 Å². The van der Waals surface area contributed by atoms with Gasteiger partial charge in [-0.3, -0.25) is 9.59 Å². The smallest absolute Gasteiger partial charge is 0.323 e. The van der Waals surface area contributed by atoms with Crippen LogP contribution in [-0.4, -0.2) is 40.0 Å². The number of amides is 1. The second kappa shape index (κ2) is 6.18. The van der Waals surface area contributed by atoms with Crippen molar-refractivity contribution in [1.82, 2.24) is 9.88 Å². The highest BCUT2D eigenvalue weighted by Crippen LogP contribution is 2.21. The lowest BCUT2D eigenvalue weighted by Gasteiger charge is -2.22. The van der Waals surface area contributed by atoms with Crippen LogP contribution in [0.25, 0.3) is 10.9 Å². The van der Waals surface area contributed by atoms with Crippen molar-refractivity contribution in [2.45, 2.75) is 13.8 Å². The molecular formula is C15H17ClN2O3. The molecule has 0 atom stereocenters. The molecule has 2 aromatic rings. The summed E-state index contributed by atoms with van der Waals surface area (Å²) in [5, 5.41) is 10.4. The molecule has 1 heterocycles. The molecule has 21 heavy (non-hydrogen) atoms. The van der Waals surface area contributed by atoms with Crippen LogP contribution in [0.5, 0.6) is 0 Å². The molecule has 0 bridgehead atoms. The van der Waals surface area contributed by atoms with Gasteiger partial charge in [-0.15, -0.1) is 0 Å². The van der Waals surface area contributed by atoms with E-state index in [1.165, 1.54) is 4.90 Å². The summed E-state index contributed by atoms with van der Waals surface area (Å²) in [6.45, 7) is 3.95. The number of carbonyl (C=O) groups excluding carboxylic acids is 1. The van der Waals surface area contributed by atoms with E-state index >= 15 is 0 Å². The van der Waals surface area contributed by atoms with E-state index in [4.69, 9.17) is 16.7 Å². The van der Waals surface area contributed by atoms with Gasteiger partial charge in [0.25, 0.3) is 5.91 Å². The normalized spacial score (nSPS) is 11.0. The predicted molar refractivity (Wildman–Crippen MR) is 81.7 cm³/mol. The number of aliphatic carboxylic acids is 1. The second-order valence-electron chi connectivity index (χ2n) is 5.39. The van der Waals surface area contributed by atoms with Crippen molar-refractivity contribution < 1.29 is 14.7 Å². The third kappa shape index (κ3) is 3.76. The zero-order chi connectivity index (χ0) is 15.6. The van der Waals surface area contributed by atoms with Crippen LogP contribution in [0, 0.1) is 5.92 Å². The number of hydrogen-bond donors (Lipinski definition) is 2. The number of benzene rings is 1. The molecular weight excluding hydrogens is 292 g/mol. The largest absolute Gasteiger partial charge is 0.480 e. The Labute approximate surface area is 127 Å². The number of nitrogens with zero attached hydrogens (tertiary/aromatic N) is 1. The van der Waals surface area contributed by atoms with E-state index in [-0.39, 0.29) is 18.4 Å². The molecule has 0 spiro atoms. The Kier molecular flexibility index (Phi) is 4.53. The lowest BCUT2D eigenvalue weighted by atomic mass is 10.2. The minimum absolute atomic E-state index is 0.187. The summed E-state index contributed by atoms with van der Waals surface area (Å²) in [5.41, 5.74) is 1.12. The zero-order valence-corrected chi connectivity index (χ0v) is 12.6. The minimum Gasteiger partial charge on any atom is -0.480 e. The molecule has 0 saturated heterocycles. The van der Waals surface area contributed by atoms with Crippen molar-refractivity contribution >= 4 is 34.4 Å². The number of carboxylic acid groups (broad SMARTS) is 1. The van der Waals surface area contributed by atoms with Crippen molar-refractivity contribution in [3.63, 3.8) is 0 Å². The summed E-state index contributed by atoms with van der Waals surface area (Å²) in [4.78, 5) is 27.7. The summed E-state index contributed by atoms with van der Waals surface area (Å²) in [7, 11) is 0. The summed E-state index contributed by atoms with van der Waals surface area (Å²) < 4.78 is 0. The van der Waals surface area contributed by atoms with Crippen molar-refractivity contribution in [1.29, 1.82) is 0 Å². The first-order valence-corrected chi connectivity index (χ1v) is 7.04. The van der Waals surface area contributed by atoms with Crippen molar-refractivity contribution in [3.05, 3.63) is 35.0 Å². The minimum atomic E-state index is -1.02. The van der Waals surface area contributed by atoms with E-state index in [2.05, 4.69) is 4.98 Å². The molecule has 0 radical (unpaired) electrons. The first-order chi connectivity index (χ1) is 9.86. The van der Waals surface area contributed by atoms with E-state index in [0.717, 1.165) is 10.9 Å². The van der Waals surface area contributed by atoms with Crippen molar-refractivity contribution in [2.75, 3.05) is 13.1 Å². The maximum Gasteiger partial charge on any atom is 0.323 e. The Morgan fingerprint density at radius 1 is 1.33 bits per heavy atom. The number of H-pyrrole nitrogens is 1. The first-order valence-electron chi connectivity index (χ1n) is 6.66. The third-order valence-electron chi connectivity index (χ3n) is 3.01. The fourth-order valence-electron chi connectivity index (χ4n) is 2.21. The van der Waals surface area contributed by atoms with Crippen molar-refractivity contribution in [2.24, 2.45) is 5.92 Å². The number of aromatic amines is 1. The lowest BCUT2D eigenvalue weighted by molar-refractivity contribution is -0.137. The van der Waals surface area contributed by atoms with Crippen LogP contribution in [0.3, 0.4) is 0 Å².